The van der Waals surface area contributed by atoms with Crippen LogP contribution in [-0.4, -0.2) is 69.6 Å². The number of nitrogens with two attached hydrogens (primary N) is 2. The Balaban J connectivity index is 2.79. The first-order valence-corrected chi connectivity index (χ1v) is 7.20. The minimum absolute atomic E-state index is 0.283. The molecule has 0 bridgehead atoms. The molecule has 3 amide bonds. The van der Waals surface area contributed by atoms with E-state index in [1.54, 1.807) is 0 Å². The highest BCUT2D eigenvalue weighted by molar-refractivity contribution is 5.93. The van der Waals surface area contributed by atoms with Gasteiger partial charge >= 0.3 is 5.97 Å². The van der Waals surface area contributed by atoms with Crippen LogP contribution in [0.15, 0.2) is 0 Å². The molecule has 0 aromatic rings. The lowest BCUT2D eigenvalue weighted by Gasteiger charge is -2.28. The fourth-order valence-electron chi connectivity index (χ4n) is 2.37. The van der Waals surface area contributed by atoms with E-state index in [9.17, 15) is 24.3 Å². The van der Waals surface area contributed by atoms with Crippen molar-refractivity contribution < 1.29 is 29.4 Å². The molecule has 1 aliphatic rings. The third kappa shape index (κ3) is 4.89. The van der Waals surface area contributed by atoms with Gasteiger partial charge in [0.05, 0.1) is 12.5 Å². The quantitative estimate of drug-likeness (QED) is 0.333. The van der Waals surface area contributed by atoms with Crippen LogP contribution in [0.5, 0.6) is 0 Å². The zero-order valence-corrected chi connectivity index (χ0v) is 12.8. The maximum atomic E-state index is 12.2. The Hall–Kier alpha value is -2.20. The summed E-state index contributed by atoms with van der Waals surface area (Å²) in [5.74, 6) is -3.54. The predicted molar refractivity (Wildman–Crippen MR) is 77.8 cm³/mol. The molecule has 0 saturated carbocycles. The first-order valence-electron chi connectivity index (χ1n) is 7.20. The number of nitrogens with zero attached hydrogens (tertiary/aromatic N) is 1. The maximum Gasteiger partial charge on any atom is 0.326 e. The van der Waals surface area contributed by atoms with Crippen molar-refractivity contribution in [1.82, 2.24) is 10.2 Å². The van der Waals surface area contributed by atoms with Crippen LogP contribution < -0.4 is 16.8 Å². The van der Waals surface area contributed by atoms with Crippen molar-refractivity contribution in [3.8, 4) is 0 Å². The van der Waals surface area contributed by atoms with E-state index in [0.717, 1.165) is 0 Å². The van der Waals surface area contributed by atoms with Gasteiger partial charge in [-0.15, -0.1) is 0 Å². The monoisotopic (exact) mass is 330 g/mol. The van der Waals surface area contributed by atoms with E-state index in [-0.39, 0.29) is 6.54 Å². The number of primary amides is 1. The second-order valence-corrected chi connectivity index (χ2v) is 5.53. The number of likely N-dealkylation sites (tertiary alicyclic amines) is 1. The van der Waals surface area contributed by atoms with Crippen LogP contribution in [0.1, 0.15) is 26.2 Å². The van der Waals surface area contributed by atoms with Gasteiger partial charge in [-0.2, -0.15) is 0 Å². The number of aliphatic hydroxyl groups excluding tert-OH is 1. The van der Waals surface area contributed by atoms with Gasteiger partial charge in [0.1, 0.15) is 18.1 Å². The molecule has 1 saturated heterocycles. The zero-order chi connectivity index (χ0) is 17.7. The van der Waals surface area contributed by atoms with Gasteiger partial charge in [-0.05, 0) is 19.8 Å². The molecule has 10 heteroatoms. The molecular formula is C13H22N4O6. The number of rotatable bonds is 7. The second kappa shape index (κ2) is 7.88. The van der Waals surface area contributed by atoms with Gasteiger partial charge in [0, 0.05) is 6.54 Å². The van der Waals surface area contributed by atoms with Crippen LogP contribution >= 0.6 is 0 Å². The lowest BCUT2D eigenvalue weighted by atomic mass is 10.1. The molecule has 130 valence electrons. The Kier molecular flexibility index (Phi) is 6.46. The van der Waals surface area contributed by atoms with Crippen molar-refractivity contribution in [2.45, 2.75) is 50.4 Å². The molecule has 0 spiro atoms. The summed E-state index contributed by atoms with van der Waals surface area (Å²) in [4.78, 5) is 47.5. The van der Waals surface area contributed by atoms with Gasteiger partial charge < -0.3 is 31.9 Å². The highest BCUT2D eigenvalue weighted by atomic mass is 16.4. The standard InChI is InChI=1S/C13H22N4O6/c1-6(18)10(15)12(21)17-4-2-3-8(17)11(20)16-7(13(22)23)5-9(14)19/h6-8,10,18H,2-5,15H2,1H3,(H2,14,19)(H,16,20)(H,22,23). The molecule has 1 rings (SSSR count). The molecular weight excluding hydrogens is 308 g/mol. The van der Waals surface area contributed by atoms with Crippen LogP contribution in [0, 0.1) is 0 Å². The molecule has 7 N–H and O–H groups in total. The molecule has 0 radical (unpaired) electrons. The summed E-state index contributed by atoms with van der Waals surface area (Å²) in [7, 11) is 0. The van der Waals surface area contributed by atoms with E-state index in [1.807, 2.05) is 0 Å². The second-order valence-electron chi connectivity index (χ2n) is 5.53. The van der Waals surface area contributed by atoms with E-state index in [2.05, 4.69) is 5.32 Å². The SMILES string of the molecule is CC(O)C(N)C(=O)N1CCCC1C(=O)NC(CC(N)=O)C(=O)O. The van der Waals surface area contributed by atoms with E-state index in [0.29, 0.717) is 12.8 Å². The first kappa shape index (κ1) is 18.8. The summed E-state index contributed by atoms with van der Waals surface area (Å²) < 4.78 is 0. The van der Waals surface area contributed by atoms with E-state index in [1.165, 1.54) is 11.8 Å². The maximum absolute atomic E-state index is 12.2. The Morgan fingerprint density at radius 1 is 1.35 bits per heavy atom. The van der Waals surface area contributed by atoms with Crippen LogP contribution in [0.4, 0.5) is 0 Å². The number of carbonyl (C=O) groups excluding carboxylic acids is 3. The normalized spacial score (nSPS) is 21.3. The fourth-order valence-corrected chi connectivity index (χ4v) is 2.37. The Bertz CT molecular complexity index is 495. The highest BCUT2D eigenvalue weighted by Crippen LogP contribution is 2.19. The highest BCUT2D eigenvalue weighted by Gasteiger charge is 2.38. The number of carbonyl (C=O) groups is 4. The van der Waals surface area contributed by atoms with Crippen LogP contribution in [-0.2, 0) is 19.2 Å². The van der Waals surface area contributed by atoms with Gasteiger partial charge in [-0.3, -0.25) is 14.4 Å². The predicted octanol–water partition coefficient (Wildman–Crippen LogP) is -2.87. The largest absolute Gasteiger partial charge is 0.480 e. The number of hydrogen-bond acceptors (Lipinski definition) is 6. The van der Waals surface area contributed by atoms with Gasteiger partial charge in [0.15, 0.2) is 0 Å². The molecule has 0 aliphatic carbocycles. The van der Waals surface area contributed by atoms with E-state index < -0.39 is 54.3 Å². The van der Waals surface area contributed by atoms with E-state index >= 15 is 0 Å². The molecule has 4 atom stereocenters. The molecule has 1 aliphatic heterocycles. The minimum atomic E-state index is -1.46. The average Bonchev–Trinajstić information content (AvgIpc) is 2.93. The number of carboxylic acid groups (broad SMARTS) is 1. The molecule has 4 unspecified atom stereocenters. The summed E-state index contributed by atoms with van der Waals surface area (Å²) in [6.45, 7) is 1.64. The first-order chi connectivity index (χ1) is 10.6. The third-order valence-electron chi connectivity index (χ3n) is 3.66. The smallest absolute Gasteiger partial charge is 0.326 e. The number of aliphatic hydroxyl groups is 1. The number of hydrogen-bond donors (Lipinski definition) is 5. The number of aliphatic carboxylic acids is 1. The Morgan fingerprint density at radius 3 is 2.43 bits per heavy atom. The summed E-state index contributed by atoms with van der Waals surface area (Å²) in [6.07, 6.45) is -0.736. The summed E-state index contributed by atoms with van der Waals surface area (Å²) in [6, 6.07) is -3.51. The third-order valence-corrected chi connectivity index (χ3v) is 3.66. The zero-order valence-electron chi connectivity index (χ0n) is 12.8. The van der Waals surface area contributed by atoms with Crippen LogP contribution in [0.25, 0.3) is 0 Å². The summed E-state index contributed by atoms with van der Waals surface area (Å²) in [5.41, 5.74) is 10.5. The Morgan fingerprint density at radius 2 is 1.96 bits per heavy atom. The lowest BCUT2D eigenvalue weighted by molar-refractivity contribution is -0.145. The molecule has 0 aromatic carbocycles. The number of carboxylic acids is 1. The van der Waals surface area contributed by atoms with Crippen molar-refractivity contribution in [3.63, 3.8) is 0 Å². The van der Waals surface area contributed by atoms with E-state index in [4.69, 9.17) is 16.6 Å². The molecule has 10 nitrogen and oxygen atoms in total. The topological polar surface area (TPSA) is 176 Å². The lowest BCUT2D eigenvalue weighted by Crippen LogP contribution is -2.56. The van der Waals surface area contributed by atoms with Gasteiger partial charge in [0.2, 0.25) is 17.7 Å². The van der Waals surface area contributed by atoms with Gasteiger partial charge in [-0.1, -0.05) is 0 Å². The van der Waals surface area contributed by atoms with Crippen molar-refractivity contribution >= 4 is 23.7 Å². The molecule has 0 aromatic heterocycles. The molecule has 1 fully saturated rings. The number of nitrogens with one attached hydrogen (secondary N) is 1. The van der Waals surface area contributed by atoms with Crippen molar-refractivity contribution in [2.24, 2.45) is 11.5 Å². The number of amides is 3. The van der Waals surface area contributed by atoms with Gasteiger partial charge in [-0.25, -0.2) is 4.79 Å². The van der Waals surface area contributed by atoms with Crippen molar-refractivity contribution in [2.75, 3.05) is 6.54 Å². The fraction of sp³-hybridized carbons (Fsp3) is 0.692. The van der Waals surface area contributed by atoms with Gasteiger partial charge in [0.25, 0.3) is 0 Å². The van der Waals surface area contributed by atoms with Crippen molar-refractivity contribution in [3.05, 3.63) is 0 Å². The average molecular weight is 330 g/mol. The minimum Gasteiger partial charge on any atom is -0.480 e. The molecule has 1 heterocycles. The Labute approximate surface area is 132 Å². The van der Waals surface area contributed by atoms with Crippen LogP contribution in [0.2, 0.25) is 0 Å². The molecule has 23 heavy (non-hydrogen) atoms. The summed E-state index contributed by atoms with van der Waals surface area (Å²) >= 11 is 0. The van der Waals surface area contributed by atoms with Crippen molar-refractivity contribution in [1.29, 1.82) is 0 Å². The summed E-state index contributed by atoms with van der Waals surface area (Å²) in [5, 5.41) is 20.6. The van der Waals surface area contributed by atoms with Crippen LogP contribution in [0.3, 0.4) is 0 Å².